The van der Waals surface area contributed by atoms with E-state index < -0.39 is 6.10 Å². The van der Waals surface area contributed by atoms with Gasteiger partial charge in [0.25, 0.3) is 5.91 Å². The van der Waals surface area contributed by atoms with E-state index >= 15 is 0 Å². The summed E-state index contributed by atoms with van der Waals surface area (Å²) in [5, 5.41) is 3.27. The number of pyridine rings is 1. The number of carbonyl (C=O) groups is 2. The van der Waals surface area contributed by atoms with Crippen LogP contribution in [0.4, 0.5) is 11.5 Å². The molecule has 1 N–H and O–H groups in total. The molecule has 152 valence electrons. The van der Waals surface area contributed by atoms with Gasteiger partial charge in [-0.1, -0.05) is 23.7 Å². The number of anilines is 2. The van der Waals surface area contributed by atoms with Crippen molar-refractivity contribution in [2.45, 2.75) is 25.4 Å². The molecule has 0 saturated carbocycles. The number of likely N-dealkylation sites (tertiary alicyclic amines) is 1. The standard InChI is InChI=1S/C21H23ClN4O3/c22-15-8-9-19(23-12-15)24-20(27)14-26-13-18(21(28)25-10-4-1-5-11-25)29-17-7-3-2-6-16(17)26/h2-3,6-9,12,18H,1,4-5,10-11,13-14H2,(H,23,24,27). The third kappa shape index (κ3) is 4.62. The van der Waals surface area contributed by atoms with Crippen LogP contribution in [0.5, 0.6) is 5.75 Å². The molecule has 8 heteroatoms. The van der Waals surface area contributed by atoms with Crippen LogP contribution in [0.25, 0.3) is 0 Å². The number of piperidine rings is 1. The van der Waals surface area contributed by atoms with Crippen molar-refractivity contribution in [3.05, 3.63) is 47.6 Å². The quantitative estimate of drug-likeness (QED) is 0.832. The molecule has 1 aromatic carbocycles. The number of carbonyl (C=O) groups excluding carboxylic acids is 2. The predicted octanol–water partition coefficient (Wildman–Crippen LogP) is 2.95. The first kappa shape index (κ1) is 19.5. The topological polar surface area (TPSA) is 74.8 Å². The SMILES string of the molecule is O=C(CN1CC(C(=O)N2CCCCC2)Oc2ccccc21)Nc1ccc(Cl)cn1. The second-order valence-corrected chi connectivity index (χ2v) is 7.69. The molecule has 1 aromatic heterocycles. The van der Waals surface area contributed by atoms with Crippen molar-refractivity contribution in [1.82, 2.24) is 9.88 Å². The van der Waals surface area contributed by atoms with Gasteiger partial charge in [0, 0.05) is 19.3 Å². The van der Waals surface area contributed by atoms with Crippen LogP contribution in [0.1, 0.15) is 19.3 Å². The zero-order valence-corrected chi connectivity index (χ0v) is 16.8. The number of benzene rings is 1. The van der Waals surface area contributed by atoms with Gasteiger partial charge in [0.2, 0.25) is 5.91 Å². The Morgan fingerprint density at radius 2 is 1.93 bits per heavy atom. The summed E-state index contributed by atoms with van der Waals surface area (Å²) in [6.07, 6.45) is 4.06. The van der Waals surface area contributed by atoms with Gasteiger partial charge < -0.3 is 19.9 Å². The Kier molecular flexibility index (Phi) is 5.85. The second kappa shape index (κ2) is 8.69. The average molecular weight is 415 g/mol. The van der Waals surface area contributed by atoms with Crippen LogP contribution in [0.3, 0.4) is 0 Å². The van der Waals surface area contributed by atoms with Crippen LogP contribution < -0.4 is 15.0 Å². The fourth-order valence-electron chi connectivity index (χ4n) is 3.71. The summed E-state index contributed by atoms with van der Waals surface area (Å²) >= 11 is 5.84. The molecule has 29 heavy (non-hydrogen) atoms. The Morgan fingerprint density at radius 3 is 2.69 bits per heavy atom. The predicted molar refractivity (Wildman–Crippen MR) is 111 cm³/mol. The molecule has 7 nitrogen and oxygen atoms in total. The number of hydrogen-bond donors (Lipinski definition) is 1. The lowest BCUT2D eigenvalue weighted by Gasteiger charge is -2.38. The third-order valence-corrected chi connectivity index (χ3v) is 5.36. The van der Waals surface area contributed by atoms with Gasteiger partial charge in [-0.05, 0) is 43.5 Å². The number of hydrogen-bond acceptors (Lipinski definition) is 5. The molecule has 2 aliphatic heterocycles. The molecular weight excluding hydrogens is 392 g/mol. The number of aromatic nitrogens is 1. The second-order valence-electron chi connectivity index (χ2n) is 7.25. The summed E-state index contributed by atoms with van der Waals surface area (Å²) in [7, 11) is 0. The van der Waals surface area contributed by atoms with Gasteiger partial charge in [0.1, 0.15) is 11.6 Å². The van der Waals surface area contributed by atoms with Crippen LogP contribution in [0.15, 0.2) is 42.6 Å². The number of para-hydroxylation sites is 2. The first-order valence-corrected chi connectivity index (χ1v) is 10.2. The highest BCUT2D eigenvalue weighted by atomic mass is 35.5. The van der Waals surface area contributed by atoms with Crippen molar-refractivity contribution in [2.75, 3.05) is 36.4 Å². The first-order valence-electron chi connectivity index (χ1n) is 9.81. The van der Waals surface area contributed by atoms with Crippen molar-refractivity contribution in [3.8, 4) is 5.75 Å². The van der Waals surface area contributed by atoms with E-state index in [4.69, 9.17) is 16.3 Å². The van der Waals surface area contributed by atoms with Crippen LogP contribution in [0.2, 0.25) is 5.02 Å². The number of nitrogens with one attached hydrogen (secondary N) is 1. The molecule has 0 spiro atoms. The van der Waals surface area contributed by atoms with Crippen molar-refractivity contribution in [2.24, 2.45) is 0 Å². The fourth-order valence-corrected chi connectivity index (χ4v) is 3.82. The minimum Gasteiger partial charge on any atom is -0.477 e. The molecule has 1 saturated heterocycles. The van der Waals surface area contributed by atoms with E-state index in [1.54, 1.807) is 12.1 Å². The number of ether oxygens (including phenoxy) is 1. The molecule has 3 heterocycles. The number of rotatable bonds is 4. The Labute approximate surface area is 174 Å². The maximum Gasteiger partial charge on any atom is 0.265 e. The Bertz CT molecular complexity index is 884. The minimum atomic E-state index is -0.621. The summed E-state index contributed by atoms with van der Waals surface area (Å²) < 4.78 is 6.00. The highest BCUT2D eigenvalue weighted by molar-refractivity contribution is 6.30. The van der Waals surface area contributed by atoms with Gasteiger partial charge in [-0.3, -0.25) is 9.59 Å². The number of nitrogens with zero attached hydrogens (tertiary/aromatic N) is 3. The average Bonchev–Trinajstić information content (AvgIpc) is 2.75. The van der Waals surface area contributed by atoms with E-state index in [-0.39, 0.29) is 18.4 Å². The van der Waals surface area contributed by atoms with E-state index in [2.05, 4.69) is 10.3 Å². The fraction of sp³-hybridized carbons (Fsp3) is 0.381. The van der Waals surface area contributed by atoms with E-state index in [9.17, 15) is 9.59 Å². The van der Waals surface area contributed by atoms with Crippen LogP contribution in [0, 0.1) is 0 Å². The Balaban J connectivity index is 1.48. The molecule has 0 bridgehead atoms. The van der Waals surface area contributed by atoms with E-state index in [1.165, 1.54) is 6.20 Å². The maximum atomic E-state index is 13.0. The van der Waals surface area contributed by atoms with Crippen molar-refractivity contribution in [3.63, 3.8) is 0 Å². The molecule has 0 radical (unpaired) electrons. The van der Waals surface area contributed by atoms with Crippen LogP contribution in [-0.4, -0.2) is 54.0 Å². The molecule has 2 aliphatic rings. The number of fused-ring (bicyclic) bond motifs is 1. The lowest BCUT2D eigenvalue weighted by Crippen LogP contribution is -2.52. The molecule has 4 rings (SSSR count). The van der Waals surface area contributed by atoms with Crippen LogP contribution >= 0.6 is 11.6 Å². The van der Waals surface area contributed by atoms with Crippen molar-refractivity contribution in [1.29, 1.82) is 0 Å². The summed E-state index contributed by atoms with van der Waals surface area (Å²) in [6.45, 7) is 1.95. The molecule has 2 aromatic rings. The van der Waals surface area contributed by atoms with Crippen molar-refractivity contribution >= 4 is 34.9 Å². The molecule has 1 fully saturated rings. The Hall–Kier alpha value is -2.80. The normalized spacial score (nSPS) is 18.6. The van der Waals surface area contributed by atoms with Crippen molar-refractivity contribution < 1.29 is 14.3 Å². The largest absolute Gasteiger partial charge is 0.477 e. The molecule has 2 amide bonds. The third-order valence-electron chi connectivity index (χ3n) is 5.13. The van der Waals surface area contributed by atoms with Gasteiger partial charge in [-0.25, -0.2) is 4.98 Å². The van der Waals surface area contributed by atoms with Gasteiger partial charge >= 0.3 is 0 Å². The molecule has 1 atom stereocenters. The summed E-state index contributed by atoms with van der Waals surface area (Å²) in [5.41, 5.74) is 0.800. The number of amides is 2. The summed E-state index contributed by atoms with van der Waals surface area (Å²) in [4.78, 5) is 33.4. The van der Waals surface area contributed by atoms with E-state index in [0.29, 0.717) is 23.1 Å². The maximum absolute atomic E-state index is 13.0. The first-order chi connectivity index (χ1) is 14.1. The van der Waals surface area contributed by atoms with Gasteiger partial charge in [0.15, 0.2) is 6.10 Å². The van der Waals surface area contributed by atoms with Gasteiger partial charge in [-0.2, -0.15) is 0 Å². The number of halogens is 1. The van der Waals surface area contributed by atoms with Crippen LogP contribution in [-0.2, 0) is 9.59 Å². The minimum absolute atomic E-state index is 0.0102. The lowest BCUT2D eigenvalue weighted by molar-refractivity contribution is -0.139. The lowest BCUT2D eigenvalue weighted by atomic mass is 10.1. The summed E-state index contributed by atoms with van der Waals surface area (Å²) in [6, 6.07) is 10.8. The zero-order valence-electron chi connectivity index (χ0n) is 16.0. The highest BCUT2D eigenvalue weighted by Gasteiger charge is 2.34. The van der Waals surface area contributed by atoms with Gasteiger partial charge in [0.05, 0.1) is 23.8 Å². The molecular formula is C21H23ClN4O3. The van der Waals surface area contributed by atoms with E-state index in [1.807, 2.05) is 34.1 Å². The Morgan fingerprint density at radius 1 is 1.14 bits per heavy atom. The monoisotopic (exact) mass is 414 g/mol. The van der Waals surface area contributed by atoms with E-state index in [0.717, 1.165) is 38.0 Å². The summed E-state index contributed by atoms with van der Waals surface area (Å²) in [5.74, 6) is 0.818. The molecule has 0 aliphatic carbocycles. The highest BCUT2D eigenvalue weighted by Crippen LogP contribution is 2.33. The molecule has 1 unspecified atom stereocenters. The smallest absolute Gasteiger partial charge is 0.265 e. The van der Waals surface area contributed by atoms with Gasteiger partial charge in [-0.15, -0.1) is 0 Å². The zero-order chi connectivity index (χ0) is 20.2.